The zero-order valence-corrected chi connectivity index (χ0v) is 27.5. The van der Waals surface area contributed by atoms with Crippen LogP contribution in [0.5, 0.6) is 0 Å². The molecule has 5 aromatic carbocycles. The highest BCUT2D eigenvalue weighted by Gasteiger charge is 2.39. The molecule has 11 heteroatoms. The highest BCUT2D eigenvalue weighted by atomic mass is 19.2. The minimum atomic E-state index is -2.36. The maximum atomic E-state index is 14.4. The minimum Gasteiger partial charge on any atom is -0.392 e. The lowest BCUT2D eigenvalue weighted by molar-refractivity contribution is -0.276. The number of hydrogen-bond acceptors (Lipinski definition) is 5. The average Bonchev–Trinajstić information content (AvgIpc) is 3.15. The number of carbonyl (C=O) groups is 1. The number of rotatable bonds is 11. The molecule has 0 radical (unpaired) electrons. The van der Waals surface area contributed by atoms with Crippen molar-refractivity contribution in [2.45, 2.75) is 45.1 Å². The number of nitrogens with one attached hydrogen (secondary N) is 1. The third kappa shape index (κ3) is 8.18. The molecule has 0 bridgehead atoms. The molecule has 1 amide bonds. The molecule has 6 rings (SSSR count). The summed E-state index contributed by atoms with van der Waals surface area (Å²) >= 11 is 0. The van der Waals surface area contributed by atoms with Crippen LogP contribution in [0.25, 0.3) is 0 Å². The van der Waals surface area contributed by atoms with Gasteiger partial charge in [0.25, 0.3) is 5.91 Å². The van der Waals surface area contributed by atoms with Gasteiger partial charge in [-0.3, -0.25) is 9.69 Å². The summed E-state index contributed by atoms with van der Waals surface area (Å²) in [6.45, 7) is 3.71. The Bertz CT molecular complexity index is 1890. The molecule has 1 fully saturated rings. The molecule has 2 N–H and O–H groups in total. The van der Waals surface area contributed by atoms with Crippen molar-refractivity contribution >= 4 is 11.6 Å². The Morgan fingerprint density at radius 1 is 0.686 bits per heavy atom. The molecule has 0 aromatic heterocycles. The number of aliphatic hydroxyl groups is 1. The van der Waals surface area contributed by atoms with E-state index >= 15 is 0 Å². The van der Waals surface area contributed by atoms with Crippen molar-refractivity contribution in [2.24, 2.45) is 5.92 Å². The lowest BCUT2D eigenvalue weighted by atomic mass is 9.89. The van der Waals surface area contributed by atoms with Crippen molar-refractivity contribution in [1.82, 2.24) is 4.90 Å². The molecular weight excluding hydrogens is 667 g/mol. The van der Waals surface area contributed by atoms with E-state index in [1.54, 1.807) is 12.1 Å². The summed E-state index contributed by atoms with van der Waals surface area (Å²) in [5, 5.41) is 11.9. The highest BCUT2D eigenvalue weighted by molar-refractivity contribution is 6.04. The van der Waals surface area contributed by atoms with Gasteiger partial charge in [-0.1, -0.05) is 104 Å². The van der Waals surface area contributed by atoms with Gasteiger partial charge in [0.2, 0.25) is 5.82 Å². The summed E-state index contributed by atoms with van der Waals surface area (Å²) in [6.07, 6.45) is -1.83. The van der Waals surface area contributed by atoms with Crippen molar-refractivity contribution < 1.29 is 41.3 Å². The Balaban J connectivity index is 1.30. The molecule has 0 saturated carbocycles. The summed E-state index contributed by atoms with van der Waals surface area (Å²) in [4.78, 5) is 15.1. The molecule has 1 aliphatic rings. The van der Waals surface area contributed by atoms with Crippen LogP contribution in [-0.2, 0) is 29.2 Å². The van der Waals surface area contributed by atoms with Crippen LogP contribution in [0, 0.1) is 35.0 Å². The fraction of sp³-hybridized carbons (Fsp3) is 0.225. The predicted molar refractivity (Wildman–Crippen MR) is 181 cm³/mol. The Kier molecular flexibility index (Phi) is 11.2. The molecule has 0 spiro atoms. The van der Waals surface area contributed by atoms with E-state index in [9.17, 15) is 31.9 Å². The number of benzene rings is 5. The predicted octanol–water partition coefficient (Wildman–Crippen LogP) is 8.62. The van der Waals surface area contributed by atoms with Crippen molar-refractivity contribution in [3.05, 3.63) is 172 Å². The van der Waals surface area contributed by atoms with Crippen molar-refractivity contribution in [1.29, 1.82) is 0 Å². The van der Waals surface area contributed by atoms with Gasteiger partial charge in [-0.2, -0.15) is 0 Å². The smallest absolute Gasteiger partial charge is 0.261 e. The molecule has 1 aliphatic heterocycles. The van der Waals surface area contributed by atoms with Crippen molar-refractivity contribution in [2.75, 3.05) is 11.9 Å². The van der Waals surface area contributed by atoms with Crippen LogP contribution in [0.3, 0.4) is 0 Å². The van der Waals surface area contributed by atoms with Gasteiger partial charge >= 0.3 is 0 Å². The number of anilines is 1. The van der Waals surface area contributed by atoms with Crippen molar-refractivity contribution in [3.63, 3.8) is 0 Å². The van der Waals surface area contributed by atoms with Gasteiger partial charge in [-0.15, -0.1) is 0 Å². The summed E-state index contributed by atoms with van der Waals surface area (Å²) in [7, 11) is 0. The fourth-order valence-electron chi connectivity index (χ4n) is 6.21. The molecule has 264 valence electrons. The van der Waals surface area contributed by atoms with E-state index in [1.807, 2.05) is 67.6 Å². The van der Waals surface area contributed by atoms with Crippen LogP contribution < -0.4 is 5.32 Å². The summed E-state index contributed by atoms with van der Waals surface area (Å²) in [5.74, 6) is -12.9. The second-order valence-corrected chi connectivity index (χ2v) is 12.5. The van der Waals surface area contributed by atoms with Crippen LogP contribution in [-0.4, -0.2) is 28.6 Å². The number of carbonyl (C=O) groups excluding carboxylic acids is 1. The lowest BCUT2D eigenvalue weighted by Crippen LogP contribution is -2.44. The van der Waals surface area contributed by atoms with Gasteiger partial charge in [0.05, 0.1) is 18.8 Å². The number of halogens is 5. The van der Waals surface area contributed by atoms with Gasteiger partial charge in [0.1, 0.15) is 5.56 Å². The van der Waals surface area contributed by atoms with Gasteiger partial charge in [-0.05, 0) is 34.4 Å². The second kappa shape index (κ2) is 15.9. The van der Waals surface area contributed by atoms with E-state index in [0.29, 0.717) is 25.2 Å². The van der Waals surface area contributed by atoms with Gasteiger partial charge in [0.15, 0.2) is 29.6 Å². The molecule has 1 heterocycles. The second-order valence-electron chi connectivity index (χ2n) is 12.5. The zero-order chi connectivity index (χ0) is 36.1. The Morgan fingerprint density at radius 3 is 1.82 bits per heavy atom. The summed E-state index contributed by atoms with van der Waals surface area (Å²) in [6, 6.07) is 33.6. The average molecular weight is 703 g/mol. The number of nitrogens with zero attached hydrogens (tertiary/aromatic N) is 1. The van der Waals surface area contributed by atoms with Gasteiger partial charge in [0, 0.05) is 36.8 Å². The first-order chi connectivity index (χ1) is 24.6. The lowest BCUT2D eigenvalue weighted by Gasteiger charge is -2.43. The quantitative estimate of drug-likeness (QED) is 0.0820. The molecule has 5 aromatic rings. The molecule has 1 saturated heterocycles. The fourth-order valence-corrected chi connectivity index (χ4v) is 6.21. The summed E-state index contributed by atoms with van der Waals surface area (Å²) in [5.41, 5.74) is 2.70. The van der Waals surface area contributed by atoms with E-state index in [1.165, 1.54) is 12.1 Å². The van der Waals surface area contributed by atoms with Crippen LogP contribution >= 0.6 is 0 Å². The van der Waals surface area contributed by atoms with Crippen LogP contribution in [0.4, 0.5) is 27.6 Å². The molecule has 51 heavy (non-hydrogen) atoms. The van der Waals surface area contributed by atoms with E-state index < -0.39 is 53.0 Å². The number of aliphatic hydroxyl groups excluding tert-OH is 1. The summed E-state index contributed by atoms with van der Waals surface area (Å²) < 4.78 is 83.3. The Labute approximate surface area is 292 Å². The van der Waals surface area contributed by atoms with Gasteiger partial charge < -0.3 is 19.9 Å². The largest absolute Gasteiger partial charge is 0.392 e. The van der Waals surface area contributed by atoms with E-state index in [0.717, 1.165) is 22.3 Å². The molecule has 6 nitrogen and oxygen atoms in total. The molecule has 0 aliphatic carbocycles. The van der Waals surface area contributed by atoms with E-state index in [2.05, 4.69) is 34.5 Å². The monoisotopic (exact) mass is 702 g/mol. The standard InChI is InChI=1S/C40H35F5N2O4/c1-24-31(22-47(20-25-9-4-2-5-10-25)21-26-11-6-3-7-12-26)50-40(51-38(24)28-17-15-27(23-48)16-18-28)29-13-8-14-30(19-29)46-39(49)32-33(41)35(43)37(45)36(44)34(32)42/h2-19,24,31,38,40,48H,20-23H2,1H3,(H,46,49)/t24-,31+,38+,40+/m1/s1. The maximum absolute atomic E-state index is 14.4. The first-order valence-electron chi connectivity index (χ1n) is 16.4. The number of ether oxygens (including phenoxy) is 2. The third-order valence-corrected chi connectivity index (χ3v) is 8.91. The van der Waals surface area contributed by atoms with Crippen molar-refractivity contribution in [3.8, 4) is 0 Å². The first kappa shape index (κ1) is 35.9. The van der Waals surface area contributed by atoms with Gasteiger partial charge in [-0.25, -0.2) is 22.0 Å². The SMILES string of the molecule is C[C@@H]1[C@H](CN(Cc2ccccc2)Cc2ccccc2)O[C@H](c2cccc(NC(=O)c3c(F)c(F)c(F)c(F)c3F)c2)O[C@@H]1c1ccc(CO)cc1. The minimum absolute atomic E-state index is 0.0162. The normalized spacial score (nSPS) is 18.9. The number of hydrogen-bond donors (Lipinski definition) is 2. The van der Waals surface area contributed by atoms with E-state index in [4.69, 9.17) is 9.47 Å². The van der Waals surface area contributed by atoms with E-state index in [-0.39, 0.29) is 24.3 Å². The topological polar surface area (TPSA) is 71.0 Å². The van der Waals surface area contributed by atoms with Crippen LogP contribution in [0.1, 0.15) is 57.5 Å². The highest BCUT2D eigenvalue weighted by Crippen LogP contribution is 2.42. The third-order valence-electron chi connectivity index (χ3n) is 8.91. The van der Waals surface area contributed by atoms with Crippen LogP contribution in [0.2, 0.25) is 0 Å². The number of amides is 1. The molecule has 4 atom stereocenters. The first-order valence-corrected chi connectivity index (χ1v) is 16.4. The molecule has 0 unspecified atom stereocenters. The molecular formula is C40H35F5N2O4. The Morgan fingerprint density at radius 2 is 1.25 bits per heavy atom. The zero-order valence-electron chi connectivity index (χ0n) is 27.5. The van der Waals surface area contributed by atoms with Crippen LogP contribution in [0.15, 0.2) is 109 Å². The Hall–Kier alpha value is -4.94. The maximum Gasteiger partial charge on any atom is 0.261 e.